The van der Waals surface area contributed by atoms with Crippen LogP contribution in [0.2, 0.25) is 0 Å². The predicted octanol–water partition coefficient (Wildman–Crippen LogP) is 1.36. The van der Waals surface area contributed by atoms with Crippen LogP contribution in [-0.4, -0.2) is 23.0 Å². The van der Waals surface area contributed by atoms with Gasteiger partial charge in [0, 0.05) is 25.0 Å². The lowest BCUT2D eigenvalue weighted by Gasteiger charge is -1.99. The van der Waals surface area contributed by atoms with E-state index < -0.39 is 0 Å². The molecule has 76 valence electrons. The van der Waals surface area contributed by atoms with Gasteiger partial charge in [-0.3, -0.25) is 14.8 Å². The minimum absolute atomic E-state index is 0.149. The van der Waals surface area contributed by atoms with Crippen molar-refractivity contribution in [3.05, 3.63) is 24.3 Å². The first-order valence-corrected chi connectivity index (χ1v) is 4.64. The van der Waals surface area contributed by atoms with Crippen LogP contribution in [-0.2, 0) is 16.0 Å². The van der Waals surface area contributed by atoms with Gasteiger partial charge in [-0.2, -0.15) is 0 Å². The van der Waals surface area contributed by atoms with E-state index in [2.05, 4.69) is 14.7 Å². The molecule has 1 heterocycles. The highest BCUT2D eigenvalue weighted by Crippen LogP contribution is 2.02. The maximum atomic E-state index is 10.8. The molecule has 0 spiro atoms. The van der Waals surface area contributed by atoms with Gasteiger partial charge in [0.2, 0.25) is 0 Å². The summed E-state index contributed by atoms with van der Waals surface area (Å²) in [4.78, 5) is 18.9. The first kappa shape index (κ1) is 10.6. The zero-order valence-corrected chi connectivity index (χ0v) is 8.27. The Morgan fingerprint density at radius 1 is 1.43 bits per heavy atom. The molecule has 0 aliphatic carbocycles. The third-order valence-corrected chi connectivity index (χ3v) is 1.91. The van der Waals surface area contributed by atoms with Crippen molar-refractivity contribution in [2.75, 3.05) is 7.11 Å². The summed E-state index contributed by atoms with van der Waals surface area (Å²) in [6.45, 7) is 0. The molecule has 0 amide bonds. The fourth-order valence-corrected chi connectivity index (χ4v) is 1.14. The fraction of sp³-hybridized carbons (Fsp3) is 0.500. The molecule has 0 radical (unpaired) electrons. The largest absolute Gasteiger partial charge is 0.469 e. The molecule has 0 aliphatic heterocycles. The molecule has 0 fully saturated rings. The Hall–Kier alpha value is -1.45. The van der Waals surface area contributed by atoms with Crippen molar-refractivity contribution >= 4 is 5.97 Å². The molecule has 0 atom stereocenters. The summed E-state index contributed by atoms with van der Waals surface area (Å²) < 4.78 is 4.54. The van der Waals surface area contributed by atoms with Crippen LogP contribution in [0.4, 0.5) is 0 Å². The molecule has 1 aromatic heterocycles. The van der Waals surface area contributed by atoms with E-state index in [1.165, 1.54) is 7.11 Å². The second kappa shape index (κ2) is 6.07. The van der Waals surface area contributed by atoms with Crippen LogP contribution in [0.3, 0.4) is 0 Å². The number of unbranched alkanes of at least 4 members (excludes halogenated alkanes) is 1. The van der Waals surface area contributed by atoms with Crippen molar-refractivity contribution in [3.8, 4) is 0 Å². The highest BCUT2D eigenvalue weighted by atomic mass is 16.5. The molecule has 14 heavy (non-hydrogen) atoms. The molecule has 0 aliphatic rings. The predicted molar refractivity (Wildman–Crippen MR) is 51.6 cm³/mol. The third kappa shape index (κ3) is 3.98. The molecule has 4 nitrogen and oxygen atoms in total. The Morgan fingerprint density at radius 2 is 2.29 bits per heavy atom. The number of aryl methyl sites for hydroxylation is 1. The maximum Gasteiger partial charge on any atom is 0.305 e. The van der Waals surface area contributed by atoms with Gasteiger partial charge in [-0.15, -0.1) is 0 Å². The van der Waals surface area contributed by atoms with Crippen molar-refractivity contribution in [1.82, 2.24) is 9.97 Å². The van der Waals surface area contributed by atoms with Crippen molar-refractivity contribution in [3.63, 3.8) is 0 Å². The number of methoxy groups -OCH3 is 1. The van der Waals surface area contributed by atoms with E-state index in [1.807, 2.05) is 0 Å². The van der Waals surface area contributed by atoms with E-state index in [1.54, 1.807) is 18.6 Å². The Balaban J connectivity index is 2.13. The SMILES string of the molecule is COC(=O)CCCCc1cnccn1. The number of esters is 1. The number of carbonyl (C=O) groups is 1. The molecule has 1 rings (SSSR count). The van der Waals surface area contributed by atoms with Crippen LogP contribution < -0.4 is 0 Å². The topological polar surface area (TPSA) is 52.1 Å². The minimum atomic E-state index is -0.149. The van der Waals surface area contributed by atoms with Crippen LogP contribution >= 0.6 is 0 Å². The molecule has 0 aromatic carbocycles. The molecule has 0 unspecified atom stereocenters. The van der Waals surface area contributed by atoms with E-state index in [9.17, 15) is 4.79 Å². The number of carbonyl (C=O) groups excluding carboxylic acids is 1. The Morgan fingerprint density at radius 3 is 2.93 bits per heavy atom. The molecule has 1 aromatic rings. The maximum absolute atomic E-state index is 10.8. The van der Waals surface area contributed by atoms with Gasteiger partial charge in [-0.25, -0.2) is 0 Å². The van der Waals surface area contributed by atoms with Crippen LogP contribution in [0.5, 0.6) is 0 Å². The van der Waals surface area contributed by atoms with Crippen molar-refractivity contribution in [2.24, 2.45) is 0 Å². The molecule has 0 saturated heterocycles. The van der Waals surface area contributed by atoms with Gasteiger partial charge in [0.05, 0.1) is 12.8 Å². The van der Waals surface area contributed by atoms with E-state index >= 15 is 0 Å². The molecule has 0 N–H and O–H groups in total. The fourth-order valence-electron chi connectivity index (χ4n) is 1.14. The van der Waals surface area contributed by atoms with Gasteiger partial charge in [-0.1, -0.05) is 0 Å². The third-order valence-electron chi connectivity index (χ3n) is 1.91. The monoisotopic (exact) mass is 194 g/mol. The quantitative estimate of drug-likeness (QED) is 0.524. The zero-order valence-electron chi connectivity index (χ0n) is 8.27. The van der Waals surface area contributed by atoms with Crippen LogP contribution in [0.1, 0.15) is 25.0 Å². The smallest absolute Gasteiger partial charge is 0.305 e. The van der Waals surface area contributed by atoms with Gasteiger partial charge in [-0.05, 0) is 19.3 Å². The van der Waals surface area contributed by atoms with Crippen LogP contribution in [0.25, 0.3) is 0 Å². The summed E-state index contributed by atoms with van der Waals surface area (Å²) in [6, 6.07) is 0. The first-order chi connectivity index (χ1) is 6.83. The lowest BCUT2D eigenvalue weighted by molar-refractivity contribution is -0.140. The van der Waals surface area contributed by atoms with Crippen molar-refractivity contribution in [2.45, 2.75) is 25.7 Å². The van der Waals surface area contributed by atoms with E-state index in [4.69, 9.17) is 0 Å². The lowest BCUT2D eigenvalue weighted by Crippen LogP contribution is -2.00. The Kier molecular flexibility index (Phi) is 4.61. The number of aromatic nitrogens is 2. The Bertz CT molecular complexity index is 275. The standard InChI is InChI=1S/C10H14N2O2/c1-14-10(13)5-3-2-4-9-8-11-6-7-12-9/h6-8H,2-5H2,1H3. The van der Waals surface area contributed by atoms with Gasteiger partial charge in [0.1, 0.15) is 0 Å². The average Bonchev–Trinajstić information content (AvgIpc) is 2.25. The number of hydrogen-bond acceptors (Lipinski definition) is 4. The van der Waals surface area contributed by atoms with Crippen molar-refractivity contribution in [1.29, 1.82) is 0 Å². The number of hydrogen-bond donors (Lipinski definition) is 0. The van der Waals surface area contributed by atoms with Gasteiger partial charge in [0.25, 0.3) is 0 Å². The van der Waals surface area contributed by atoms with Gasteiger partial charge >= 0.3 is 5.97 Å². The summed E-state index contributed by atoms with van der Waals surface area (Å²) in [5.74, 6) is -0.149. The highest BCUT2D eigenvalue weighted by Gasteiger charge is 2.00. The Labute approximate surface area is 83.3 Å². The summed E-state index contributed by atoms with van der Waals surface area (Å²) >= 11 is 0. The summed E-state index contributed by atoms with van der Waals surface area (Å²) in [5.41, 5.74) is 0.970. The van der Waals surface area contributed by atoms with E-state index in [0.29, 0.717) is 6.42 Å². The zero-order chi connectivity index (χ0) is 10.2. The number of rotatable bonds is 5. The average molecular weight is 194 g/mol. The van der Waals surface area contributed by atoms with Crippen molar-refractivity contribution < 1.29 is 9.53 Å². The normalized spacial score (nSPS) is 9.79. The number of nitrogens with zero attached hydrogens (tertiary/aromatic N) is 2. The lowest BCUT2D eigenvalue weighted by atomic mass is 10.1. The summed E-state index contributed by atoms with van der Waals surface area (Å²) in [6.07, 6.45) is 8.20. The second-order valence-corrected chi connectivity index (χ2v) is 2.98. The van der Waals surface area contributed by atoms with E-state index in [-0.39, 0.29) is 5.97 Å². The van der Waals surface area contributed by atoms with Crippen LogP contribution in [0.15, 0.2) is 18.6 Å². The minimum Gasteiger partial charge on any atom is -0.469 e. The summed E-state index contributed by atoms with van der Waals surface area (Å²) in [5, 5.41) is 0. The molecule has 4 heteroatoms. The van der Waals surface area contributed by atoms with E-state index in [0.717, 1.165) is 25.0 Å². The molecule has 0 bridgehead atoms. The van der Waals surface area contributed by atoms with Gasteiger partial charge < -0.3 is 4.74 Å². The van der Waals surface area contributed by atoms with Gasteiger partial charge in [0.15, 0.2) is 0 Å². The first-order valence-electron chi connectivity index (χ1n) is 4.64. The highest BCUT2D eigenvalue weighted by molar-refractivity contribution is 5.68. The molecule has 0 saturated carbocycles. The second-order valence-electron chi connectivity index (χ2n) is 2.98. The summed E-state index contributed by atoms with van der Waals surface area (Å²) in [7, 11) is 1.41. The molecular weight excluding hydrogens is 180 g/mol. The molecular formula is C10H14N2O2. The number of ether oxygens (including phenoxy) is 1. The van der Waals surface area contributed by atoms with Crippen LogP contribution in [0, 0.1) is 0 Å².